The highest BCUT2D eigenvalue weighted by Gasteiger charge is 2.21. The van der Waals surface area contributed by atoms with Gasteiger partial charge >= 0.3 is 5.97 Å². The summed E-state index contributed by atoms with van der Waals surface area (Å²) in [4.78, 5) is 29.4. The molecule has 2 N–H and O–H groups in total. The van der Waals surface area contributed by atoms with Gasteiger partial charge in [0.15, 0.2) is 11.1 Å². The van der Waals surface area contributed by atoms with Gasteiger partial charge in [0.2, 0.25) is 0 Å². The average molecular weight is 483 g/mol. The van der Waals surface area contributed by atoms with E-state index < -0.39 is 5.97 Å². The van der Waals surface area contributed by atoms with Crippen LogP contribution in [-0.2, 0) is 7.05 Å². The first-order chi connectivity index (χ1) is 17.1. The van der Waals surface area contributed by atoms with Crippen molar-refractivity contribution < 1.29 is 14.3 Å². The van der Waals surface area contributed by atoms with E-state index in [1.807, 2.05) is 57.4 Å². The van der Waals surface area contributed by atoms with E-state index in [0.29, 0.717) is 33.7 Å². The summed E-state index contributed by atoms with van der Waals surface area (Å²) in [5.41, 5.74) is 5.15. The van der Waals surface area contributed by atoms with Crippen molar-refractivity contribution in [1.29, 1.82) is 0 Å². The third-order valence-electron chi connectivity index (χ3n) is 6.35. The maximum atomic E-state index is 13.5. The molecule has 0 aliphatic heterocycles. The summed E-state index contributed by atoms with van der Waals surface area (Å²) in [5, 5.41) is 18.7. The summed E-state index contributed by atoms with van der Waals surface area (Å²) in [7, 11) is 1.86. The molecule has 3 aromatic heterocycles. The smallest absolute Gasteiger partial charge is 0.356 e. The van der Waals surface area contributed by atoms with Crippen molar-refractivity contribution in [2.45, 2.75) is 33.7 Å². The average Bonchev–Trinajstić information content (AvgIpc) is 3.21. The van der Waals surface area contributed by atoms with E-state index in [0.717, 1.165) is 27.6 Å². The Kier molecular flexibility index (Phi) is 5.59. The Morgan fingerprint density at radius 3 is 2.64 bits per heavy atom. The van der Waals surface area contributed by atoms with Gasteiger partial charge in [-0.05, 0) is 69.7 Å². The SMILES string of the molecule is Cc1cc([C@@H](C)Nc2ccc(C)nc2C(=O)O)c2oc(-c3ccc4nn(C)cc4c3)c(C)c(=O)c2c1. The molecule has 5 aromatic rings. The van der Waals surface area contributed by atoms with Crippen LogP contribution in [0.5, 0.6) is 0 Å². The first kappa shape index (κ1) is 23.3. The van der Waals surface area contributed by atoms with Crippen LogP contribution in [0, 0.1) is 20.8 Å². The molecule has 0 radical (unpaired) electrons. The third kappa shape index (κ3) is 4.00. The zero-order chi connectivity index (χ0) is 25.7. The maximum Gasteiger partial charge on any atom is 0.356 e. The zero-order valence-corrected chi connectivity index (χ0v) is 20.7. The first-order valence-electron chi connectivity index (χ1n) is 11.6. The summed E-state index contributed by atoms with van der Waals surface area (Å²) in [6.45, 7) is 7.34. The van der Waals surface area contributed by atoms with Crippen LogP contribution in [-0.4, -0.2) is 25.8 Å². The molecule has 0 fully saturated rings. The molecule has 2 aromatic carbocycles. The number of nitrogens with zero attached hydrogens (tertiary/aromatic N) is 3. The fourth-order valence-electron chi connectivity index (χ4n) is 4.60. The number of fused-ring (bicyclic) bond motifs is 2. The normalized spacial score (nSPS) is 12.2. The fourth-order valence-corrected chi connectivity index (χ4v) is 4.60. The van der Waals surface area contributed by atoms with Crippen molar-refractivity contribution in [3.63, 3.8) is 0 Å². The summed E-state index contributed by atoms with van der Waals surface area (Å²) in [5.74, 6) is -0.614. The van der Waals surface area contributed by atoms with Gasteiger partial charge in [-0.1, -0.05) is 6.07 Å². The van der Waals surface area contributed by atoms with Gasteiger partial charge in [0.1, 0.15) is 11.3 Å². The lowest BCUT2D eigenvalue weighted by Gasteiger charge is -2.19. The summed E-state index contributed by atoms with van der Waals surface area (Å²) >= 11 is 0. The highest BCUT2D eigenvalue weighted by atomic mass is 16.4. The van der Waals surface area contributed by atoms with E-state index in [9.17, 15) is 14.7 Å². The molecule has 5 rings (SSSR count). The highest BCUT2D eigenvalue weighted by Crippen LogP contribution is 2.33. The third-order valence-corrected chi connectivity index (χ3v) is 6.35. The molecular weight excluding hydrogens is 456 g/mol. The number of carboxylic acids is 1. The summed E-state index contributed by atoms with van der Waals surface area (Å²) < 4.78 is 8.21. The van der Waals surface area contributed by atoms with Crippen LogP contribution in [0.25, 0.3) is 33.2 Å². The Bertz CT molecular complexity index is 1730. The monoisotopic (exact) mass is 482 g/mol. The molecule has 0 spiro atoms. The summed E-state index contributed by atoms with van der Waals surface area (Å²) in [6.07, 6.45) is 1.92. The number of hydrogen-bond donors (Lipinski definition) is 2. The molecule has 0 unspecified atom stereocenters. The second-order valence-electron chi connectivity index (χ2n) is 9.21. The predicted molar refractivity (Wildman–Crippen MR) is 140 cm³/mol. The van der Waals surface area contributed by atoms with E-state index >= 15 is 0 Å². The second-order valence-corrected chi connectivity index (χ2v) is 9.21. The number of rotatable bonds is 5. The fraction of sp³-hybridized carbons (Fsp3) is 0.214. The van der Waals surface area contributed by atoms with Gasteiger partial charge in [0.25, 0.3) is 0 Å². The van der Waals surface area contributed by atoms with Crippen LogP contribution >= 0.6 is 0 Å². The number of anilines is 1. The van der Waals surface area contributed by atoms with Crippen molar-refractivity contribution in [3.8, 4) is 11.3 Å². The zero-order valence-electron chi connectivity index (χ0n) is 20.7. The number of hydrogen-bond acceptors (Lipinski definition) is 6. The molecule has 0 bridgehead atoms. The molecule has 0 saturated carbocycles. The Morgan fingerprint density at radius 1 is 1.11 bits per heavy atom. The van der Waals surface area contributed by atoms with Crippen molar-refractivity contribution in [2.24, 2.45) is 7.05 Å². The van der Waals surface area contributed by atoms with E-state index in [4.69, 9.17) is 4.42 Å². The number of pyridine rings is 1. The predicted octanol–water partition coefficient (Wildman–Crippen LogP) is 5.54. The minimum Gasteiger partial charge on any atom is -0.476 e. The van der Waals surface area contributed by atoms with Crippen molar-refractivity contribution in [1.82, 2.24) is 14.8 Å². The van der Waals surface area contributed by atoms with Gasteiger partial charge in [-0.2, -0.15) is 5.10 Å². The molecule has 3 heterocycles. The van der Waals surface area contributed by atoms with Crippen molar-refractivity contribution in [3.05, 3.63) is 87.0 Å². The largest absolute Gasteiger partial charge is 0.476 e. The van der Waals surface area contributed by atoms with Gasteiger partial charge in [-0.15, -0.1) is 0 Å². The lowest BCUT2D eigenvalue weighted by molar-refractivity contribution is 0.0691. The number of carboxylic acid groups (broad SMARTS) is 1. The van der Waals surface area contributed by atoms with Crippen LogP contribution < -0.4 is 10.7 Å². The Hall–Kier alpha value is -4.46. The van der Waals surface area contributed by atoms with E-state index in [2.05, 4.69) is 15.4 Å². The van der Waals surface area contributed by atoms with Crippen LogP contribution in [0.15, 0.2) is 57.9 Å². The Morgan fingerprint density at radius 2 is 1.89 bits per heavy atom. The molecular formula is C28H26N4O4. The number of carbonyl (C=O) groups is 1. The number of aromatic carboxylic acids is 1. The van der Waals surface area contributed by atoms with Crippen LogP contribution in [0.4, 0.5) is 5.69 Å². The topological polar surface area (TPSA) is 110 Å². The van der Waals surface area contributed by atoms with Crippen LogP contribution in [0.3, 0.4) is 0 Å². The van der Waals surface area contributed by atoms with E-state index in [-0.39, 0.29) is 17.2 Å². The number of benzene rings is 2. The van der Waals surface area contributed by atoms with E-state index in [1.165, 1.54) is 0 Å². The number of nitrogens with one attached hydrogen (secondary N) is 1. The summed E-state index contributed by atoms with van der Waals surface area (Å²) in [6, 6.07) is 12.6. The Balaban J connectivity index is 1.67. The maximum absolute atomic E-state index is 13.5. The molecule has 0 saturated heterocycles. The van der Waals surface area contributed by atoms with Gasteiger partial charge in [0.05, 0.1) is 22.6 Å². The van der Waals surface area contributed by atoms with Gasteiger partial charge in [0, 0.05) is 41.0 Å². The number of aryl methyl sites for hydroxylation is 3. The lowest BCUT2D eigenvalue weighted by Crippen LogP contribution is -2.15. The molecule has 182 valence electrons. The lowest BCUT2D eigenvalue weighted by atomic mass is 9.98. The van der Waals surface area contributed by atoms with Crippen LogP contribution in [0.2, 0.25) is 0 Å². The quantitative estimate of drug-likeness (QED) is 0.338. The van der Waals surface area contributed by atoms with Gasteiger partial charge in [-0.3, -0.25) is 9.48 Å². The molecule has 0 aliphatic carbocycles. The molecule has 8 heteroatoms. The minimum absolute atomic E-state index is 0.0541. The molecule has 1 atom stereocenters. The van der Waals surface area contributed by atoms with Gasteiger partial charge in [-0.25, -0.2) is 9.78 Å². The highest BCUT2D eigenvalue weighted by molar-refractivity contribution is 5.92. The Labute approximate surface area is 207 Å². The molecule has 36 heavy (non-hydrogen) atoms. The number of aromatic nitrogens is 3. The van der Waals surface area contributed by atoms with Crippen molar-refractivity contribution in [2.75, 3.05) is 5.32 Å². The van der Waals surface area contributed by atoms with Gasteiger partial charge < -0.3 is 14.8 Å². The molecule has 8 nitrogen and oxygen atoms in total. The van der Waals surface area contributed by atoms with Crippen molar-refractivity contribution >= 4 is 33.5 Å². The minimum atomic E-state index is -1.11. The standard InChI is InChI=1S/C28H26N4O4/c1-14-10-20(17(4)30-23-8-6-15(2)29-24(23)28(34)35)27-21(11-14)25(33)16(3)26(36-27)18-7-9-22-19(12-18)13-32(5)31-22/h6-13,17,30H,1-5H3,(H,34,35)/t17-/m1/s1. The molecule has 0 amide bonds. The van der Waals surface area contributed by atoms with Crippen LogP contribution in [0.1, 0.15) is 45.8 Å². The van der Waals surface area contributed by atoms with E-state index in [1.54, 1.807) is 30.7 Å². The molecule has 0 aliphatic rings. The second kappa shape index (κ2) is 8.64. The first-order valence-corrected chi connectivity index (χ1v) is 11.6.